The van der Waals surface area contributed by atoms with Crippen LogP contribution in [0.2, 0.25) is 0 Å². The summed E-state index contributed by atoms with van der Waals surface area (Å²) in [5.74, 6) is 1.63. The Morgan fingerprint density at radius 3 is 2.94 bits per heavy atom. The Labute approximate surface area is 94.3 Å². The van der Waals surface area contributed by atoms with Crippen LogP contribution in [0.3, 0.4) is 0 Å². The van der Waals surface area contributed by atoms with Gasteiger partial charge < -0.3 is 10.1 Å². The normalized spacial score (nSPS) is 9.81. The molecule has 82 valence electrons. The standard InChI is InChI=1S/C12H13N3O/c1-16-11-5-2-4-10(8-11)9-13-12-6-3-7-14-15-12/h2-8H,9H2,1H3,(H,13,15). The molecule has 0 aliphatic heterocycles. The smallest absolute Gasteiger partial charge is 0.148 e. The average molecular weight is 215 g/mol. The third-order valence-electron chi connectivity index (χ3n) is 2.18. The number of nitrogens with one attached hydrogen (secondary N) is 1. The molecule has 0 aliphatic carbocycles. The van der Waals surface area contributed by atoms with Crippen LogP contribution in [0.4, 0.5) is 5.82 Å². The number of hydrogen-bond donors (Lipinski definition) is 1. The van der Waals surface area contributed by atoms with E-state index in [1.807, 2.05) is 36.4 Å². The van der Waals surface area contributed by atoms with Gasteiger partial charge in [-0.05, 0) is 29.8 Å². The first-order chi connectivity index (χ1) is 7.88. The maximum Gasteiger partial charge on any atom is 0.148 e. The third kappa shape index (κ3) is 2.70. The predicted octanol–water partition coefficient (Wildman–Crippen LogP) is 2.10. The average Bonchev–Trinajstić information content (AvgIpc) is 2.38. The van der Waals surface area contributed by atoms with Crippen molar-refractivity contribution in [3.05, 3.63) is 48.2 Å². The lowest BCUT2D eigenvalue weighted by molar-refractivity contribution is 0.414. The van der Waals surface area contributed by atoms with Crippen molar-refractivity contribution >= 4 is 5.82 Å². The molecule has 0 bridgehead atoms. The maximum atomic E-state index is 5.15. The summed E-state index contributed by atoms with van der Waals surface area (Å²) in [4.78, 5) is 0. The number of nitrogens with zero attached hydrogens (tertiary/aromatic N) is 2. The quantitative estimate of drug-likeness (QED) is 0.848. The van der Waals surface area contributed by atoms with Gasteiger partial charge in [-0.25, -0.2) is 0 Å². The molecule has 0 radical (unpaired) electrons. The molecule has 1 N–H and O–H groups in total. The number of ether oxygens (including phenoxy) is 1. The molecule has 0 saturated carbocycles. The summed E-state index contributed by atoms with van der Waals surface area (Å²) in [6, 6.07) is 11.6. The summed E-state index contributed by atoms with van der Waals surface area (Å²) in [7, 11) is 1.66. The second-order valence-corrected chi connectivity index (χ2v) is 3.31. The SMILES string of the molecule is COc1cccc(CNc2cccnn2)c1. The number of methoxy groups -OCH3 is 1. The molecular formula is C12H13N3O. The minimum Gasteiger partial charge on any atom is -0.497 e. The highest BCUT2D eigenvalue weighted by molar-refractivity contribution is 5.35. The monoisotopic (exact) mass is 215 g/mol. The van der Waals surface area contributed by atoms with Gasteiger partial charge in [-0.1, -0.05) is 12.1 Å². The number of hydrogen-bond acceptors (Lipinski definition) is 4. The lowest BCUT2D eigenvalue weighted by atomic mass is 10.2. The molecule has 0 spiro atoms. The van der Waals surface area contributed by atoms with Crippen LogP contribution >= 0.6 is 0 Å². The largest absolute Gasteiger partial charge is 0.497 e. The lowest BCUT2D eigenvalue weighted by Crippen LogP contribution is -2.01. The molecule has 0 unspecified atom stereocenters. The van der Waals surface area contributed by atoms with Gasteiger partial charge in [0.25, 0.3) is 0 Å². The van der Waals surface area contributed by atoms with Crippen LogP contribution in [0.25, 0.3) is 0 Å². The first kappa shape index (κ1) is 10.4. The number of rotatable bonds is 4. The van der Waals surface area contributed by atoms with E-state index in [1.165, 1.54) is 0 Å². The summed E-state index contributed by atoms with van der Waals surface area (Å²) in [5, 5.41) is 10.9. The minimum atomic E-state index is 0.704. The van der Waals surface area contributed by atoms with Gasteiger partial charge >= 0.3 is 0 Å². The van der Waals surface area contributed by atoms with E-state index in [2.05, 4.69) is 15.5 Å². The molecule has 0 atom stereocenters. The van der Waals surface area contributed by atoms with Gasteiger partial charge in [0.05, 0.1) is 7.11 Å². The van der Waals surface area contributed by atoms with Gasteiger partial charge in [0, 0.05) is 12.7 Å². The molecule has 1 aromatic heterocycles. The van der Waals surface area contributed by atoms with Crippen LogP contribution in [-0.2, 0) is 6.54 Å². The van der Waals surface area contributed by atoms with Crippen LogP contribution in [0.5, 0.6) is 5.75 Å². The van der Waals surface area contributed by atoms with E-state index >= 15 is 0 Å². The van der Waals surface area contributed by atoms with Gasteiger partial charge in [0.15, 0.2) is 0 Å². The summed E-state index contributed by atoms with van der Waals surface area (Å²) in [6.07, 6.45) is 1.65. The van der Waals surface area contributed by atoms with Crippen molar-refractivity contribution in [2.45, 2.75) is 6.54 Å². The molecule has 0 saturated heterocycles. The van der Waals surface area contributed by atoms with Crippen LogP contribution in [0, 0.1) is 0 Å². The van der Waals surface area contributed by atoms with Crippen molar-refractivity contribution in [1.29, 1.82) is 0 Å². The van der Waals surface area contributed by atoms with Gasteiger partial charge in [0.2, 0.25) is 0 Å². The maximum absolute atomic E-state index is 5.15. The molecule has 2 rings (SSSR count). The molecule has 0 amide bonds. The van der Waals surface area contributed by atoms with E-state index in [9.17, 15) is 0 Å². The van der Waals surface area contributed by atoms with Gasteiger partial charge in [0.1, 0.15) is 11.6 Å². The summed E-state index contributed by atoms with van der Waals surface area (Å²) in [6.45, 7) is 0.704. The zero-order valence-electron chi connectivity index (χ0n) is 9.05. The molecule has 2 aromatic rings. The Hall–Kier alpha value is -2.10. The molecule has 1 aromatic carbocycles. The van der Waals surface area contributed by atoms with E-state index < -0.39 is 0 Å². The minimum absolute atomic E-state index is 0.704. The van der Waals surface area contributed by atoms with Gasteiger partial charge in [-0.15, -0.1) is 5.10 Å². The molecule has 0 fully saturated rings. The Kier molecular flexibility index (Phi) is 3.33. The zero-order chi connectivity index (χ0) is 11.2. The second kappa shape index (κ2) is 5.11. The fourth-order valence-corrected chi connectivity index (χ4v) is 1.37. The van der Waals surface area contributed by atoms with Gasteiger partial charge in [-0.3, -0.25) is 0 Å². The van der Waals surface area contributed by atoms with Crippen molar-refractivity contribution < 1.29 is 4.74 Å². The van der Waals surface area contributed by atoms with E-state index in [-0.39, 0.29) is 0 Å². The summed E-state index contributed by atoms with van der Waals surface area (Å²) >= 11 is 0. The predicted molar refractivity (Wildman–Crippen MR) is 62.4 cm³/mol. The number of aromatic nitrogens is 2. The zero-order valence-corrected chi connectivity index (χ0v) is 9.05. The van der Waals surface area contributed by atoms with Crippen molar-refractivity contribution in [2.75, 3.05) is 12.4 Å². The number of benzene rings is 1. The van der Waals surface area contributed by atoms with E-state index in [0.29, 0.717) is 6.54 Å². The molecule has 1 heterocycles. The Bertz CT molecular complexity index is 445. The fraction of sp³-hybridized carbons (Fsp3) is 0.167. The second-order valence-electron chi connectivity index (χ2n) is 3.31. The Morgan fingerprint density at radius 2 is 2.19 bits per heavy atom. The van der Waals surface area contributed by atoms with Crippen molar-refractivity contribution in [3.63, 3.8) is 0 Å². The highest BCUT2D eigenvalue weighted by atomic mass is 16.5. The molecule has 0 aliphatic rings. The van der Waals surface area contributed by atoms with Crippen molar-refractivity contribution in [3.8, 4) is 5.75 Å². The first-order valence-corrected chi connectivity index (χ1v) is 5.03. The Morgan fingerprint density at radius 1 is 1.25 bits per heavy atom. The lowest BCUT2D eigenvalue weighted by Gasteiger charge is -2.06. The van der Waals surface area contributed by atoms with Crippen LogP contribution in [0.1, 0.15) is 5.56 Å². The van der Waals surface area contributed by atoms with Gasteiger partial charge in [-0.2, -0.15) is 5.10 Å². The molecular weight excluding hydrogens is 202 g/mol. The molecule has 16 heavy (non-hydrogen) atoms. The third-order valence-corrected chi connectivity index (χ3v) is 2.18. The fourth-order valence-electron chi connectivity index (χ4n) is 1.37. The van der Waals surface area contributed by atoms with E-state index in [0.717, 1.165) is 17.1 Å². The number of anilines is 1. The summed E-state index contributed by atoms with van der Waals surface area (Å²) in [5.41, 5.74) is 1.14. The van der Waals surface area contributed by atoms with Crippen molar-refractivity contribution in [2.24, 2.45) is 0 Å². The van der Waals surface area contributed by atoms with Crippen LogP contribution in [0.15, 0.2) is 42.6 Å². The first-order valence-electron chi connectivity index (χ1n) is 5.03. The van der Waals surface area contributed by atoms with Crippen LogP contribution in [-0.4, -0.2) is 17.3 Å². The topological polar surface area (TPSA) is 47.0 Å². The summed E-state index contributed by atoms with van der Waals surface area (Å²) < 4.78 is 5.15. The molecule has 4 nitrogen and oxygen atoms in total. The highest BCUT2D eigenvalue weighted by Gasteiger charge is 1.96. The van der Waals surface area contributed by atoms with Crippen LogP contribution < -0.4 is 10.1 Å². The van der Waals surface area contributed by atoms with E-state index in [4.69, 9.17) is 4.74 Å². The Balaban J connectivity index is 1.99. The molecule has 4 heteroatoms. The van der Waals surface area contributed by atoms with E-state index in [1.54, 1.807) is 13.3 Å². The highest BCUT2D eigenvalue weighted by Crippen LogP contribution is 2.13. The van der Waals surface area contributed by atoms with Crippen molar-refractivity contribution in [1.82, 2.24) is 10.2 Å².